The van der Waals surface area contributed by atoms with Crippen LogP contribution in [0.2, 0.25) is 0 Å². The molecule has 0 saturated carbocycles. The summed E-state index contributed by atoms with van der Waals surface area (Å²) in [7, 11) is 0. The fraction of sp³-hybridized carbons (Fsp3) is 0.263. The van der Waals surface area contributed by atoms with Crippen LogP contribution in [0.5, 0.6) is 11.5 Å². The van der Waals surface area contributed by atoms with Crippen LogP contribution in [0.3, 0.4) is 0 Å². The molecule has 0 aliphatic carbocycles. The zero-order chi connectivity index (χ0) is 16.8. The number of carbonyl (C=O) groups is 2. The van der Waals surface area contributed by atoms with E-state index in [2.05, 4.69) is 0 Å². The molecule has 0 aliphatic heterocycles. The second kappa shape index (κ2) is 7.58. The van der Waals surface area contributed by atoms with Crippen LogP contribution < -0.4 is 9.47 Å². The van der Waals surface area contributed by atoms with E-state index in [1.54, 1.807) is 36.4 Å². The first kappa shape index (κ1) is 16.7. The van der Waals surface area contributed by atoms with Gasteiger partial charge in [-0.25, -0.2) is 0 Å². The Kier molecular flexibility index (Phi) is 5.52. The Hall–Kier alpha value is -2.62. The summed E-state index contributed by atoms with van der Waals surface area (Å²) in [6, 6.07) is 12.2. The molecule has 4 heteroatoms. The van der Waals surface area contributed by atoms with Crippen LogP contribution in [0, 0.1) is 0 Å². The Bertz CT molecular complexity index is 705. The van der Waals surface area contributed by atoms with Crippen LogP contribution in [0.1, 0.15) is 47.1 Å². The number of hydrogen-bond donors (Lipinski definition) is 0. The van der Waals surface area contributed by atoms with E-state index in [-0.39, 0.29) is 17.1 Å². The van der Waals surface area contributed by atoms with Gasteiger partial charge in [-0.1, -0.05) is 30.3 Å². The lowest BCUT2D eigenvalue weighted by atomic mass is 9.95. The predicted molar refractivity (Wildman–Crippen MR) is 88.7 cm³/mol. The van der Waals surface area contributed by atoms with E-state index in [4.69, 9.17) is 9.47 Å². The van der Waals surface area contributed by atoms with Crippen molar-refractivity contribution >= 4 is 11.6 Å². The van der Waals surface area contributed by atoms with Crippen LogP contribution in [0.4, 0.5) is 0 Å². The smallest absolute Gasteiger partial charge is 0.193 e. The zero-order valence-electron chi connectivity index (χ0n) is 13.6. The summed E-state index contributed by atoms with van der Waals surface area (Å²) >= 11 is 0. The van der Waals surface area contributed by atoms with Crippen molar-refractivity contribution in [1.82, 2.24) is 0 Å². The standard InChI is InChI=1S/C19H20O4/c1-4-22-16-12-11-15(17(13(3)20)19(16)23-5-2)18(21)14-9-7-6-8-10-14/h6-12H,4-5H2,1-3H3. The number of benzene rings is 2. The second-order valence-corrected chi connectivity index (χ2v) is 4.93. The van der Waals surface area contributed by atoms with Gasteiger partial charge < -0.3 is 9.47 Å². The monoisotopic (exact) mass is 312 g/mol. The molecule has 23 heavy (non-hydrogen) atoms. The van der Waals surface area contributed by atoms with Crippen molar-refractivity contribution in [3.8, 4) is 11.5 Å². The Labute approximate surface area is 136 Å². The third-order valence-corrected chi connectivity index (χ3v) is 3.34. The van der Waals surface area contributed by atoms with E-state index >= 15 is 0 Å². The van der Waals surface area contributed by atoms with Crippen molar-refractivity contribution in [2.75, 3.05) is 13.2 Å². The molecule has 0 radical (unpaired) electrons. The zero-order valence-corrected chi connectivity index (χ0v) is 13.6. The molecule has 2 aromatic rings. The summed E-state index contributed by atoms with van der Waals surface area (Å²) in [6.07, 6.45) is 0. The number of Topliss-reactive ketones (excluding diaryl/α,β-unsaturated/α-hetero) is 1. The molecule has 0 saturated heterocycles. The lowest BCUT2D eigenvalue weighted by molar-refractivity contribution is 0.0985. The van der Waals surface area contributed by atoms with Crippen LogP contribution in [0.15, 0.2) is 42.5 Å². The van der Waals surface area contributed by atoms with Crippen molar-refractivity contribution in [3.05, 3.63) is 59.2 Å². The molecule has 0 aromatic heterocycles. The average Bonchev–Trinajstić information content (AvgIpc) is 2.56. The average molecular weight is 312 g/mol. The molecule has 0 fully saturated rings. The minimum atomic E-state index is -0.228. The molecule has 0 bridgehead atoms. The number of rotatable bonds is 7. The van der Waals surface area contributed by atoms with Crippen LogP contribution in [-0.4, -0.2) is 24.8 Å². The molecule has 2 aromatic carbocycles. The van der Waals surface area contributed by atoms with E-state index in [0.29, 0.717) is 35.8 Å². The SMILES string of the molecule is CCOc1ccc(C(=O)c2ccccc2)c(C(C)=O)c1OCC. The van der Waals surface area contributed by atoms with Crippen molar-refractivity contribution in [1.29, 1.82) is 0 Å². The van der Waals surface area contributed by atoms with Gasteiger partial charge in [0.25, 0.3) is 0 Å². The number of ether oxygens (including phenoxy) is 2. The Balaban J connectivity index is 2.62. The van der Waals surface area contributed by atoms with E-state index < -0.39 is 0 Å². The Morgan fingerprint density at radius 1 is 0.913 bits per heavy atom. The Morgan fingerprint density at radius 2 is 1.57 bits per heavy atom. The fourth-order valence-electron chi connectivity index (χ4n) is 2.40. The maximum Gasteiger partial charge on any atom is 0.193 e. The summed E-state index contributed by atoms with van der Waals surface area (Å²) in [6.45, 7) is 5.93. The third kappa shape index (κ3) is 3.59. The molecule has 0 atom stereocenters. The largest absolute Gasteiger partial charge is 0.490 e. The van der Waals surface area contributed by atoms with Gasteiger partial charge in [0.2, 0.25) is 0 Å². The van der Waals surface area contributed by atoms with E-state index in [1.807, 2.05) is 19.9 Å². The highest BCUT2D eigenvalue weighted by Crippen LogP contribution is 2.35. The van der Waals surface area contributed by atoms with Gasteiger partial charge in [0.1, 0.15) is 0 Å². The van der Waals surface area contributed by atoms with Crippen molar-refractivity contribution in [2.24, 2.45) is 0 Å². The second-order valence-electron chi connectivity index (χ2n) is 4.93. The maximum atomic E-state index is 12.7. The number of hydrogen-bond acceptors (Lipinski definition) is 4. The summed E-state index contributed by atoms with van der Waals surface area (Å²) < 4.78 is 11.1. The first-order chi connectivity index (χ1) is 11.1. The molecule has 0 N–H and O–H groups in total. The van der Waals surface area contributed by atoms with Crippen LogP contribution in [-0.2, 0) is 0 Å². The highest BCUT2D eigenvalue weighted by Gasteiger charge is 2.23. The maximum absolute atomic E-state index is 12.7. The third-order valence-electron chi connectivity index (χ3n) is 3.34. The van der Waals surface area contributed by atoms with Gasteiger partial charge in [0.05, 0.1) is 18.8 Å². The van der Waals surface area contributed by atoms with Gasteiger partial charge in [0.15, 0.2) is 23.1 Å². The van der Waals surface area contributed by atoms with Gasteiger partial charge in [-0.05, 0) is 32.9 Å². The summed E-state index contributed by atoms with van der Waals surface area (Å²) in [5, 5.41) is 0. The molecular formula is C19H20O4. The molecule has 2 rings (SSSR count). The summed E-state index contributed by atoms with van der Waals surface area (Å²) in [5.41, 5.74) is 1.13. The van der Waals surface area contributed by atoms with E-state index in [0.717, 1.165) is 0 Å². The quantitative estimate of drug-likeness (QED) is 0.727. The van der Waals surface area contributed by atoms with Gasteiger partial charge in [-0.15, -0.1) is 0 Å². The lowest BCUT2D eigenvalue weighted by Gasteiger charge is -2.16. The fourth-order valence-corrected chi connectivity index (χ4v) is 2.40. The highest BCUT2D eigenvalue weighted by molar-refractivity contribution is 6.16. The van der Waals surface area contributed by atoms with Crippen LogP contribution >= 0.6 is 0 Å². The van der Waals surface area contributed by atoms with E-state index in [9.17, 15) is 9.59 Å². The molecule has 4 nitrogen and oxygen atoms in total. The van der Waals surface area contributed by atoms with Gasteiger partial charge in [-0.3, -0.25) is 9.59 Å². The first-order valence-corrected chi connectivity index (χ1v) is 7.63. The normalized spacial score (nSPS) is 10.2. The Morgan fingerprint density at radius 3 is 2.13 bits per heavy atom. The molecule has 0 aliphatic rings. The van der Waals surface area contributed by atoms with E-state index in [1.165, 1.54) is 6.92 Å². The molecule has 0 spiro atoms. The minimum Gasteiger partial charge on any atom is -0.490 e. The van der Waals surface area contributed by atoms with Crippen molar-refractivity contribution in [3.63, 3.8) is 0 Å². The van der Waals surface area contributed by atoms with Gasteiger partial charge >= 0.3 is 0 Å². The highest BCUT2D eigenvalue weighted by atomic mass is 16.5. The lowest BCUT2D eigenvalue weighted by Crippen LogP contribution is -2.12. The first-order valence-electron chi connectivity index (χ1n) is 7.63. The van der Waals surface area contributed by atoms with Crippen molar-refractivity contribution < 1.29 is 19.1 Å². The molecule has 120 valence electrons. The van der Waals surface area contributed by atoms with Crippen molar-refractivity contribution in [2.45, 2.75) is 20.8 Å². The summed E-state index contributed by atoms with van der Waals surface area (Å²) in [4.78, 5) is 24.9. The summed E-state index contributed by atoms with van der Waals surface area (Å²) in [5.74, 6) is 0.377. The van der Waals surface area contributed by atoms with Gasteiger partial charge in [0, 0.05) is 11.1 Å². The number of ketones is 2. The number of carbonyl (C=O) groups excluding carboxylic acids is 2. The molecule has 0 amide bonds. The minimum absolute atomic E-state index is 0.209. The predicted octanol–water partition coefficient (Wildman–Crippen LogP) is 3.92. The molecular weight excluding hydrogens is 292 g/mol. The van der Waals surface area contributed by atoms with Gasteiger partial charge in [-0.2, -0.15) is 0 Å². The molecule has 0 heterocycles. The topological polar surface area (TPSA) is 52.6 Å². The van der Waals surface area contributed by atoms with Crippen LogP contribution in [0.25, 0.3) is 0 Å². The molecule has 0 unspecified atom stereocenters.